The Labute approximate surface area is 121 Å². The number of hydrogen-bond donors (Lipinski definition) is 1. The van der Waals surface area contributed by atoms with Gasteiger partial charge < -0.3 is 10.6 Å². The molecule has 0 unspecified atom stereocenters. The average Bonchev–Trinajstić information content (AvgIpc) is 2.74. The van der Waals surface area contributed by atoms with Gasteiger partial charge in [0.2, 0.25) is 0 Å². The Morgan fingerprint density at radius 3 is 2.68 bits per heavy atom. The van der Waals surface area contributed by atoms with Crippen LogP contribution in [0.15, 0.2) is 30.3 Å². The zero-order valence-corrected chi connectivity index (χ0v) is 12.4. The molecule has 0 aliphatic carbocycles. The van der Waals surface area contributed by atoms with Gasteiger partial charge in [0.15, 0.2) is 0 Å². The van der Waals surface area contributed by atoms with Gasteiger partial charge in [-0.3, -0.25) is 0 Å². The Kier molecular flexibility index (Phi) is 4.45. The lowest BCUT2D eigenvalue weighted by atomic mass is 10.1. The number of benzene rings is 1. The molecule has 1 aromatic carbocycles. The third-order valence-corrected chi connectivity index (χ3v) is 4.13. The van der Waals surface area contributed by atoms with Crippen molar-refractivity contribution >= 4 is 28.6 Å². The molecule has 102 valence electrons. The van der Waals surface area contributed by atoms with Crippen LogP contribution in [0.5, 0.6) is 0 Å². The van der Waals surface area contributed by atoms with E-state index in [-0.39, 0.29) is 11.9 Å². The minimum Gasteiger partial charge on any atom is -0.369 e. The number of thiophene rings is 1. The number of nitrogens with zero attached hydrogens (tertiary/aromatic N) is 1. The summed E-state index contributed by atoms with van der Waals surface area (Å²) < 4.78 is 14.1. The standard InChI is InChI=1S/C14H16ClFN2S/c1-9(17)12-7-10(16)3-5-13(12)18(2)8-11-4-6-14(15)19-11/h3-7,9H,8,17H2,1-2H3/t9-/m1/s1. The highest BCUT2D eigenvalue weighted by molar-refractivity contribution is 7.16. The fourth-order valence-electron chi connectivity index (χ4n) is 1.99. The first kappa shape index (κ1) is 14.3. The van der Waals surface area contributed by atoms with Crippen molar-refractivity contribution in [1.82, 2.24) is 0 Å². The van der Waals surface area contributed by atoms with Crippen molar-refractivity contribution in [2.24, 2.45) is 5.73 Å². The summed E-state index contributed by atoms with van der Waals surface area (Å²) in [7, 11) is 1.97. The molecule has 5 heteroatoms. The molecule has 0 spiro atoms. The van der Waals surface area contributed by atoms with Crippen LogP contribution in [0.3, 0.4) is 0 Å². The Morgan fingerprint density at radius 2 is 2.11 bits per heavy atom. The summed E-state index contributed by atoms with van der Waals surface area (Å²) in [4.78, 5) is 3.22. The fourth-order valence-corrected chi connectivity index (χ4v) is 3.13. The minimum absolute atomic E-state index is 0.208. The molecule has 1 aromatic heterocycles. The predicted octanol–water partition coefficient (Wildman–Crippen LogP) is 4.20. The highest BCUT2D eigenvalue weighted by Crippen LogP contribution is 2.28. The highest BCUT2D eigenvalue weighted by atomic mass is 35.5. The van der Waals surface area contributed by atoms with E-state index in [1.54, 1.807) is 17.4 Å². The van der Waals surface area contributed by atoms with Gasteiger partial charge in [0.1, 0.15) is 5.82 Å². The second kappa shape index (κ2) is 5.90. The number of hydrogen-bond acceptors (Lipinski definition) is 3. The van der Waals surface area contributed by atoms with Crippen LogP contribution in [0.2, 0.25) is 4.34 Å². The molecule has 1 heterocycles. The van der Waals surface area contributed by atoms with Crippen LogP contribution in [0.4, 0.5) is 10.1 Å². The van der Waals surface area contributed by atoms with Crippen molar-refractivity contribution in [2.45, 2.75) is 19.5 Å². The summed E-state index contributed by atoms with van der Waals surface area (Å²) >= 11 is 7.47. The van der Waals surface area contributed by atoms with Gasteiger partial charge in [-0.2, -0.15) is 0 Å². The highest BCUT2D eigenvalue weighted by Gasteiger charge is 2.13. The lowest BCUT2D eigenvalue weighted by Gasteiger charge is -2.23. The van der Waals surface area contributed by atoms with Crippen molar-refractivity contribution in [3.63, 3.8) is 0 Å². The van der Waals surface area contributed by atoms with E-state index in [1.807, 2.05) is 26.1 Å². The van der Waals surface area contributed by atoms with E-state index < -0.39 is 0 Å². The first-order valence-corrected chi connectivity index (χ1v) is 7.17. The Morgan fingerprint density at radius 1 is 1.37 bits per heavy atom. The zero-order valence-electron chi connectivity index (χ0n) is 10.9. The Hall–Kier alpha value is -1.10. The summed E-state index contributed by atoms with van der Waals surface area (Å²) in [5.74, 6) is -0.261. The molecule has 2 aromatic rings. The molecule has 2 nitrogen and oxygen atoms in total. The van der Waals surface area contributed by atoms with Crippen LogP contribution in [-0.2, 0) is 6.54 Å². The van der Waals surface area contributed by atoms with Crippen LogP contribution in [-0.4, -0.2) is 7.05 Å². The lowest BCUT2D eigenvalue weighted by molar-refractivity contribution is 0.622. The molecular formula is C14H16ClFN2S. The van der Waals surface area contributed by atoms with Crippen LogP contribution in [0.1, 0.15) is 23.4 Å². The van der Waals surface area contributed by atoms with E-state index in [0.717, 1.165) is 27.0 Å². The van der Waals surface area contributed by atoms with E-state index in [4.69, 9.17) is 17.3 Å². The van der Waals surface area contributed by atoms with Gasteiger partial charge >= 0.3 is 0 Å². The summed E-state index contributed by atoms with van der Waals surface area (Å²) in [6.07, 6.45) is 0. The molecule has 0 saturated carbocycles. The summed E-state index contributed by atoms with van der Waals surface area (Å²) in [5, 5.41) is 0. The predicted molar refractivity (Wildman–Crippen MR) is 80.4 cm³/mol. The molecule has 2 rings (SSSR count). The van der Waals surface area contributed by atoms with E-state index >= 15 is 0 Å². The van der Waals surface area contributed by atoms with E-state index in [0.29, 0.717) is 0 Å². The smallest absolute Gasteiger partial charge is 0.123 e. The van der Waals surface area contributed by atoms with E-state index in [2.05, 4.69) is 4.90 Å². The molecule has 0 aliphatic rings. The maximum atomic E-state index is 13.3. The number of nitrogens with two attached hydrogens (primary N) is 1. The summed E-state index contributed by atoms with van der Waals surface area (Å²) in [6.45, 7) is 2.58. The largest absolute Gasteiger partial charge is 0.369 e. The van der Waals surface area contributed by atoms with E-state index in [9.17, 15) is 4.39 Å². The topological polar surface area (TPSA) is 29.3 Å². The molecule has 0 radical (unpaired) electrons. The molecule has 0 aliphatic heterocycles. The maximum absolute atomic E-state index is 13.3. The second-order valence-electron chi connectivity index (χ2n) is 4.55. The molecule has 0 fully saturated rings. The van der Waals surface area contributed by atoms with Crippen molar-refractivity contribution < 1.29 is 4.39 Å². The van der Waals surface area contributed by atoms with Gasteiger partial charge in [0.05, 0.1) is 10.9 Å². The lowest BCUT2D eigenvalue weighted by Crippen LogP contribution is -2.19. The SMILES string of the molecule is C[C@@H](N)c1cc(F)ccc1N(C)Cc1ccc(Cl)s1. The molecular weight excluding hydrogens is 283 g/mol. The van der Waals surface area contributed by atoms with Crippen molar-refractivity contribution in [1.29, 1.82) is 0 Å². The third kappa shape index (κ3) is 3.47. The number of anilines is 1. The zero-order chi connectivity index (χ0) is 14.0. The molecule has 2 N–H and O–H groups in total. The van der Waals surface area contributed by atoms with Crippen LogP contribution >= 0.6 is 22.9 Å². The summed E-state index contributed by atoms with van der Waals surface area (Å²) in [5.41, 5.74) is 7.66. The van der Waals surface area contributed by atoms with Crippen molar-refractivity contribution in [3.8, 4) is 0 Å². The van der Waals surface area contributed by atoms with Crippen molar-refractivity contribution in [3.05, 3.63) is 50.9 Å². The minimum atomic E-state index is -0.261. The molecule has 0 saturated heterocycles. The van der Waals surface area contributed by atoms with Crippen LogP contribution < -0.4 is 10.6 Å². The summed E-state index contributed by atoms with van der Waals surface area (Å²) in [6, 6.07) is 8.39. The quantitative estimate of drug-likeness (QED) is 0.917. The third-order valence-electron chi connectivity index (χ3n) is 2.91. The monoisotopic (exact) mass is 298 g/mol. The second-order valence-corrected chi connectivity index (χ2v) is 6.35. The van der Waals surface area contributed by atoms with Gasteiger partial charge in [-0.1, -0.05) is 11.6 Å². The van der Waals surface area contributed by atoms with Gasteiger partial charge in [0.25, 0.3) is 0 Å². The Balaban J connectivity index is 2.25. The maximum Gasteiger partial charge on any atom is 0.123 e. The number of halogens is 2. The first-order valence-electron chi connectivity index (χ1n) is 5.97. The molecule has 0 bridgehead atoms. The first-order chi connectivity index (χ1) is 8.97. The van der Waals surface area contributed by atoms with Gasteiger partial charge in [-0.15, -0.1) is 11.3 Å². The fraction of sp³-hybridized carbons (Fsp3) is 0.286. The normalized spacial score (nSPS) is 12.5. The van der Waals surface area contributed by atoms with Crippen molar-refractivity contribution in [2.75, 3.05) is 11.9 Å². The van der Waals surface area contributed by atoms with E-state index in [1.165, 1.54) is 12.1 Å². The van der Waals surface area contributed by atoms with Crippen LogP contribution in [0.25, 0.3) is 0 Å². The Bertz CT molecular complexity index is 568. The van der Waals surface area contributed by atoms with Gasteiger partial charge in [-0.05, 0) is 42.8 Å². The molecule has 0 amide bonds. The van der Waals surface area contributed by atoms with Gasteiger partial charge in [0, 0.05) is 23.7 Å². The number of rotatable bonds is 4. The molecule has 19 heavy (non-hydrogen) atoms. The average molecular weight is 299 g/mol. The van der Waals surface area contributed by atoms with Gasteiger partial charge in [-0.25, -0.2) is 4.39 Å². The van der Waals surface area contributed by atoms with Crippen LogP contribution in [0, 0.1) is 5.82 Å². The molecule has 1 atom stereocenters.